The first-order chi connectivity index (χ1) is 13.0. The summed E-state index contributed by atoms with van der Waals surface area (Å²) in [5.41, 5.74) is 2.26. The van der Waals surface area contributed by atoms with Crippen LogP contribution in [0.3, 0.4) is 0 Å². The van der Waals surface area contributed by atoms with Gasteiger partial charge in [-0.2, -0.15) is 0 Å². The number of aryl methyl sites for hydroxylation is 1. The summed E-state index contributed by atoms with van der Waals surface area (Å²) in [5.74, 6) is -1.07. The van der Waals surface area contributed by atoms with Gasteiger partial charge in [-0.3, -0.25) is 9.59 Å². The number of carboxylic acids is 2. The van der Waals surface area contributed by atoms with Crippen molar-refractivity contribution in [2.45, 2.75) is 89.9 Å². The lowest BCUT2D eigenvalue weighted by Gasteiger charge is -2.12. The average Bonchev–Trinajstić information content (AvgIpc) is 2.61. The van der Waals surface area contributed by atoms with E-state index in [2.05, 4.69) is 6.07 Å². The highest BCUT2D eigenvalue weighted by molar-refractivity contribution is 5.66. The minimum Gasteiger partial charge on any atom is -0.508 e. The van der Waals surface area contributed by atoms with Crippen molar-refractivity contribution in [3.8, 4) is 5.75 Å². The molecule has 0 aromatic heterocycles. The van der Waals surface area contributed by atoms with Gasteiger partial charge in [0.25, 0.3) is 0 Å². The Hall–Kier alpha value is -2.04. The Balaban J connectivity index is 2.26. The molecule has 152 valence electrons. The Morgan fingerprint density at radius 3 is 1.70 bits per heavy atom. The van der Waals surface area contributed by atoms with E-state index >= 15 is 0 Å². The monoisotopic (exact) mass is 378 g/mol. The lowest BCUT2D eigenvalue weighted by molar-refractivity contribution is -0.138. The van der Waals surface area contributed by atoms with Gasteiger partial charge in [0.15, 0.2) is 0 Å². The van der Waals surface area contributed by atoms with Gasteiger partial charge in [0, 0.05) is 12.8 Å². The predicted molar refractivity (Wildman–Crippen MR) is 106 cm³/mol. The zero-order valence-electron chi connectivity index (χ0n) is 16.3. The van der Waals surface area contributed by atoms with Crippen molar-refractivity contribution in [1.29, 1.82) is 0 Å². The number of rotatable bonds is 16. The van der Waals surface area contributed by atoms with Gasteiger partial charge in [-0.1, -0.05) is 50.7 Å². The number of carboxylic acid groups (broad SMARTS) is 2. The number of hydrogen-bond acceptors (Lipinski definition) is 3. The van der Waals surface area contributed by atoms with Gasteiger partial charge in [0.2, 0.25) is 0 Å². The zero-order valence-corrected chi connectivity index (χ0v) is 16.3. The molecule has 5 nitrogen and oxygen atoms in total. The normalized spacial score (nSPS) is 10.8. The number of aromatic hydroxyl groups is 1. The molecule has 27 heavy (non-hydrogen) atoms. The van der Waals surface area contributed by atoms with E-state index in [1.54, 1.807) is 6.07 Å². The number of hydrogen-bond donors (Lipinski definition) is 3. The predicted octanol–water partition coefficient (Wildman–Crippen LogP) is 5.33. The van der Waals surface area contributed by atoms with Crippen molar-refractivity contribution in [2.75, 3.05) is 0 Å². The molecule has 0 atom stereocenters. The molecule has 0 fully saturated rings. The molecule has 1 aromatic rings. The smallest absolute Gasteiger partial charge is 0.303 e. The summed E-state index contributed by atoms with van der Waals surface area (Å²) < 4.78 is 0. The first kappa shape index (κ1) is 23.0. The van der Waals surface area contributed by atoms with Gasteiger partial charge in [-0.05, 0) is 55.7 Å². The van der Waals surface area contributed by atoms with Crippen LogP contribution in [0.4, 0.5) is 0 Å². The van der Waals surface area contributed by atoms with Crippen molar-refractivity contribution in [3.05, 3.63) is 29.3 Å². The molecular weight excluding hydrogens is 344 g/mol. The SMILES string of the molecule is O=C(O)CCCCCCCc1cccc(O)c1CCCCCCCC(=O)O. The molecule has 3 N–H and O–H groups in total. The van der Waals surface area contributed by atoms with Gasteiger partial charge < -0.3 is 15.3 Å². The van der Waals surface area contributed by atoms with Crippen LogP contribution in [0.15, 0.2) is 18.2 Å². The number of benzene rings is 1. The van der Waals surface area contributed by atoms with Crippen molar-refractivity contribution in [1.82, 2.24) is 0 Å². The zero-order chi connectivity index (χ0) is 19.9. The largest absolute Gasteiger partial charge is 0.508 e. The Labute approximate surface area is 162 Å². The molecule has 0 spiro atoms. The highest BCUT2D eigenvalue weighted by Crippen LogP contribution is 2.25. The van der Waals surface area contributed by atoms with Crippen LogP contribution in [0.5, 0.6) is 5.75 Å². The maximum atomic E-state index is 10.5. The molecule has 0 saturated heterocycles. The second-order valence-electron chi connectivity index (χ2n) is 7.24. The Morgan fingerprint density at radius 2 is 1.15 bits per heavy atom. The number of phenolic OH excluding ortho intramolecular Hbond substituents is 1. The highest BCUT2D eigenvalue weighted by atomic mass is 16.4. The number of unbranched alkanes of at least 4 members (excludes halogenated alkanes) is 8. The third-order valence-corrected chi connectivity index (χ3v) is 4.90. The van der Waals surface area contributed by atoms with Crippen LogP contribution in [0.2, 0.25) is 0 Å². The Kier molecular flexibility index (Phi) is 12.0. The molecule has 0 amide bonds. The van der Waals surface area contributed by atoms with Crippen LogP contribution in [0.25, 0.3) is 0 Å². The average molecular weight is 379 g/mol. The summed E-state index contributed by atoms with van der Waals surface area (Å²) >= 11 is 0. The van der Waals surface area contributed by atoms with Gasteiger partial charge in [0.1, 0.15) is 5.75 Å². The van der Waals surface area contributed by atoms with Gasteiger partial charge >= 0.3 is 11.9 Å². The van der Waals surface area contributed by atoms with E-state index in [0.717, 1.165) is 82.6 Å². The first-order valence-electron chi connectivity index (χ1n) is 10.2. The van der Waals surface area contributed by atoms with Gasteiger partial charge in [-0.15, -0.1) is 0 Å². The third kappa shape index (κ3) is 11.3. The molecular formula is C22H34O5. The quantitative estimate of drug-likeness (QED) is 0.338. The molecule has 1 aromatic carbocycles. The third-order valence-electron chi connectivity index (χ3n) is 4.90. The minimum absolute atomic E-state index is 0.250. The molecule has 0 saturated carbocycles. The van der Waals surface area contributed by atoms with E-state index in [1.807, 2.05) is 6.07 Å². The summed E-state index contributed by atoms with van der Waals surface area (Å²) in [6.45, 7) is 0. The molecule has 5 heteroatoms. The van der Waals surface area contributed by atoms with Crippen LogP contribution < -0.4 is 0 Å². The van der Waals surface area contributed by atoms with Crippen LogP contribution >= 0.6 is 0 Å². The standard InChI is InChI=1S/C22H34O5/c23-20-15-11-13-18(12-7-3-1-5-9-16-21(24)25)19(20)14-8-4-2-6-10-17-22(26)27/h11,13,15,23H,1-10,12,14,16-17H2,(H,24,25)(H,26,27). The van der Waals surface area contributed by atoms with Crippen molar-refractivity contribution < 1.29 is 24.9 Å². The van der Waals surface area contributed by atoms with Crippen LogP contribution in [0, 0.1) is 0 Å². The summed E-state index contributed by atoms with van der Waals surface area (Å²) in [5, 5.41) is 27.5. The minimum atomic E-state index is -0.726. The topological polar surface area (TPSA) is 94.8 Å². The molecule has 0 aliphatic rings. The van der Waals surface area contributed by atoms with Crippen LogP contribution in [-0.4, -0.2) is 27.3 Å². The van der Waals surface area contributed by atoms with E-state index in [-0.39, 0.29) is 12.8 Å². The fourth-order valence-electron chi connectivity index (χ4n) is 3.37. The summed E-state index contributed by atoms with van der Waals surface area (Å²) in [7, 11) is 0. The highest BCUT2D eigenvalue weighted by Gasteiger charge is 2.08. The van der Waals surface area contributed by atoms with Crippen molar-refractivity contribution >= 4 is 11.9 Å². The van der Waals surface area contributed by atoms with Crippen LogP contribution in [0.1, 0.15) is 88.2 Å². The Morgan fingerprint density at radius 1 is 0.667 bits per heavy atom. The van der Waals surface area contributed by atoms with Crippen LogP contribution in [-0.2, 0) is 22.4 Å². The van der Waals surface area contributed by atoms with E-state index in [9.17, 15) is 14.7 Å². The molecule has 0 heterocycles. The Bertz CT molecular complexity index is 568. The van der Waals surface area contributed by atoms with Gasteiger partial charge in [-0.25, -0.2) is 0 Å². The lowest BCUT2D eigenvalue weighted by Crippen LogP contribution is -1.97. The molecule has 0 bridgehead atoms. The fraction of sp³-hybridized carbons (Fsp3) is 0.636. The van der Waals surface area contributed by atoms with E-state index < -0.39 is 11.9 Å². The van der Waals surface area contributed by atoms with E-state index in [1.165, 1.54) is 5.56 Å². The number of carbonyl (C=O) groups is 2. The van der Waals surface area contributed by atoms with Gasteiger partial charge in [0.05, 0.1) is 0 Å². The van der Waals surface area contributed by atoms with Crippen molar-refractivity contribution in [2.24, 2.45) is 0 Å². The fourth-order valence-corrected chi connectivity index (χ4v) is 3.37. The maximum Gasteiger partial charge on any atom is 0.303 e. The van der Waals surface area contributed by atoms with E-state index in [4.69, 9.17) is 10.2 Å². The lowest BCUT2D eigenvalue weighted by atomic mass is 9.95. The molecule has 1 rings (SSSR count). The second-order valence-corrected chi connectivity index (χ2v) is 7.24. The van der Waals surface area contributed by atoms with E-state index in [0.29, 0.717) is 5.75 Å². The molecule has 0 aliphatic carbocycles. The molecule has 0 aliphatic heterocycles. The number of phenols is 1. The summed E-state index contributed by atoms with van der Waals surface area (Å²) in [4.78, 5) is 21.0. The second kappa shape index (κ2) is 14.1. The first-order valence-corrected chi connectivity index (χ1v) is 10.2. The molecule has 0 radical (unpaired) electrons. The maximum absolute atomic E-state index is 10.5. The summed E-state index contributed by atoms with van der Waals surface area (Å²) in [6, 6.07) is 5.73. The molecule has 0 unspecified atom stereocenters. The van der Waals surface area contributed by atoms with Crippen molar-refractivity contribution in [3.63, 3.8) is 0 Å². The number of aliphatic carboxylic acids is 2. The summed E-state index contributed by atoms with van der Waals surface area (Å²) in [6.07, 6.45) is 12.0.